The van der Waals surface area contributed by atoms with Crippen molar-refractivity contribution in [2.24, 2.45) is 5.92 Å². The predicted molar refractivity (Wildman–Crippen MR) is 109 cm³/mol. The molecular weight excluding hydrogens is 340 g/mol. The fourth-order valence-electron chi connectivity index (χ4n) is 3.16. The number of benzene rings is 1. The molecule has 1 amide bonds. The van der Waals surface area contributed by atoms with Gasteiger partial charge in [-0.15, -0.1) is 11.8 Å². The van der Waals surface area contributed by atoms with Gasteiger partial charge >= 0.3 is 0 Å². The first-order valence-corrected chi connectivity index (χ1v) is 10.5. The molecule has 26 heavy (non-hydrogen) atoms. The van der Waals surface area contributed by atoms with Gasteiger partial charge in [-0.05, 0) is 54.5 Å². The van der Waals surface area contributed by atoms with Crippen LogP contribution in [0.1, 0.15) is 61.3 Å². The summed E-state index contributed by atoms with van der Waals surface area (Å²) in [7, 11) is 0. The highest BCUT2D eigenvalue weighted by molar-refractivity contribution is 7.98. The van der Waals surface area contributed by atoms with Crippen LogP contribution in [0, 0.1) is 5.92 Å². The fourth-order valence-corrected chi connectivity index (χ4v) is 3.96. The number of amides is 1. The van der Waals surface area contributed by atoms with Crippen LogP contribution in [0.2, 0.25) is 0 Å². The second-order valence-corrected chi connectivity index (χ2v) is 8.55. The van der Waals surface area contributed by atoms with E-state index in [9.17, 15) is 4.79 Å². The van der Waals surface area contributed by atoms with E-state index in [1.807, 2.05) is 23.1 Å². The highest BCUT2D eigenvalue weighted by Crippen LogP contribution is 2.25. The Bertz CT molecular complexity index is 734. The number of carbonyl (C=O) groups excluding carboxylic acids is 1. The van der Waals surface area contributed by atoms with Crippen LogP contribution in [0.25, 0.3) is 0 Å². The molecule has 0 saturated carbocycles. The average molecular weight is 369 g/mol. The Balaban J connectivity index is 1.61. The summed E-state index contributed by atoms with van der Waals surface area (Å²) < 4.78 is 0. The number of nitrogens with zero attached hydrogens (tertiary/aromatic N) is 2. The topological polar surface area (TPSA) is 33.2 Å². The summed E-state index contributed by atoms with van der Waals surface area (Å²) in [4.78, 5) is 20.5. The maximum absolute atomic E-state index is 12.7. The minimum atomic E-state index is 0.0741. The monoisotopic (exact) mass is 368 g/mol. The third-order valence-electron chi connectivity index (χ3n) is 5.03. The lowest BCUT2D eigenvalue weighted by molar-refractivity contribution is 0.0691. The molecule has 1 aromatic carbocycles. The van der Waals surface area contributed by atoms with E-state index in [-0.39, 0.29) is 5.91 Å². The van der Waals surface area contributed by atoms with Crippen LogP contribution >= 0.6 is 11.8 Å². The van der Waals surface area contributed by atoms with E-state index in [2.05, 4.69) is 50.0 Å². The Morgan fingerprint density at radius 2 is 1.85 bits per heavy atom. The number of likely N-dealkylation sites (tertiary alicyclic amines) is 1. The molecule has 0 bridgehead atoms. The Hall–Kier alpha value is -1.81. The first-order valence-electron chi connectivity index (χ1n) is 9.51. The summed E-state index contributed by atoms with van der Waals surface area (Å²) >= 11 is 1.76. The fraction of sp³-hybridized carbons (Fsp3) is 0.455. The number of pyridine rings is 1. The number of carbonyl (C=O) groups is 1. The van der Waals surface area contributed by atoms with Crippen LogP contribution < -0.4 is 0 Å². The molecule has 1 aliphatic rings. The van der Waals surface area contributed by atoms with Crippen molar-refractivity contribution >= 4 is 17.7 Å². The van der Waals surface area contributed by atoms with Gasteiger partial charge in [-0.25, -0.2) is 4.98 Å². The SMILES string of the molecule is CC1CCN(C(=O)c2cccc(CSc3ccc(C(C)C)cc3)n2)CC1. The van der Waals surface area contributed by atoms with Gasteiger partial charge < -0.3 is 4.90 Å². The van der Waals surface area contributed by atoms with E-state index in [4.69, 9.17) is 0 Å². The maximum Gasteiger partial charge on any atom is 0.272 e. The molecule has 0 radical (unpaired) electrons. The molecule has 1 aromatic heterocycles. The van der Waals surface area contributed by atoms with Crippen LogP contribution in [-0.2, 0) is 5.75 Å². The summed E-state index contributed by atoms with van der Waals surface area (Å²) in [5, 5.41) is 0. The highest BCUT2D eigenvalue weighted by Gasteiger charge is 2.22. The average Bonchev–Trinajstić information content (AvgIpc) is 2.67. The third-order valence-corrected chi connectivity index (χ3v) is 6.08. The van der Waals surface area contributed by atoms with Crippen LogP contribution in [0.4, 0.5) is 0 Å². The molecule has 0 N–H and O–H groups in total. The van der Waals surface area contributed by atoms with Crippen molar-refractivity contribution in [3.63, 3.8) is 0 Å². The number of hydrogen-bond donors (Lipinski definition) is 0. The minimum absolute atomic E-state index is 0.0741. The number of thioether (sulfide) groups is 1. The predicted octanol–water partition coefficient (Wildman–Crippen LogP) is 5.37. The zero-order valence-electron chi connectivity index (χ0n) is 15.9. The largest absolute Gasteiger partial charge is 0.337 e. The molecule has 0 spiro atoms. The Morgan fingerprint density at radius 3 is 2.50 bits per heavy atom. The first-order chi connectivity index (χ1) is 12.5. The van der Waals surface area contributed by atoms with Gasteiger partial charge in [0.05, 0.1) is 5.69 Å². The van der Waals surface area contributed by atoms with Gasteiger partial charge in [-0.2, -0.15) is 0 Å². The van der Waals surface area contributed by atoms with Crippen LogP contribution in [0.5, 0.6) is 0 Å². The van der Waals surface area contributed by atoms with Gasteiger partial charge in [-0.3, -0.25) is 4.79 Å². The molecule has 2 aromatic rings. The van der Waals surface area contributed by atoms with Crippen molar-refractivity contribution in [2.75, 3.05) is 13.1 Å². The van der Waals surface area contributed by atoms with Crippen molar-refractivity contribution in [2.45, 2.75) is 50.2 Å². The van der Waals surface area contributed by atoms with Crippen LogP contribution in [-0.4, -0.2) is 28.9 Å². The third kappa shape index (κ3) is 4.88. The zero-order chi connectivity index (χ0) is 18.5. The smallest absolute Gasteiger partial charge is 0.272 e. The van der Waals surface area contributed by atoms with E-state index in [1.54, 1.807) is 11.8 Å². The van der Waals surface area contributed by atoms with Gasteiger partial charge in [0.15, 0.2) is 0 Å². The number of hydrogen-bond acceptors (Lipinski definition) is 3. The van der Waals surface area contributed by atoms with Gasteiger partial charge in [0.2, 0.25) is 0 Å². The minimum Gasteiger partial charge on any atom is -0.337 e. The molecule has 138 valence electrons. The Morgan fingerprint density at radius 1 is 1.15 bits per heavy atom. The molecule has 0 unspecified atom stereocenters. The Kier molecular flexibility index (Phi) is 6.36. The van der Waals surface area contributed by atoms with Gasteiger partial charge in [-0.1, -0.05) is 39.0 Å². The lowest BCUT2D eigenvalue weighted by atomic mass is 9.99. The molecule has 2 heterocycles. The molecule has 0 atom stereocenters. The molecule has 1 fully saturated rings. The van der Waals surface area contributed by atoms with Crippen molar-refractivity contribution in [1.82, 2.24) is 9.88 Å². The van der Waals surface area contributed by atoms with Crippen LogP contribution in [0.15, 0.2) is 47.4 Å². The number of aromatic nitrogens is 1. The number of rotatable bonds is 5. The van der Waals surface area contributed by atoms with Crippen molar-refractivity contribution in [3.05, 3.63) is 59.4 Å². The molecule has 0 aliphatic carbocycles. The lowest BCUT2D eigenvalue weighted by Crippen LogP contribution is -2.38. The van der Waals surface area contributed by atoms with Crippen LogP contribution in [0.3, 0.4) is 0 Å². The van der Waals surface area contributed by atoms with Crippen molar-refractivity contribution < 1.29 is 4.79 Å². The van der Waals surface area contributed by atoms with Gasteiger partial charge in [0.1, 0.15) is 5.69 Å². The molecule has 1 aliphatic heterocycles. The van der Waals surface area contributed by atoms with E-state index in [0.717, 1.165) is 43.3 Å². The zero-order valence-corrected chi connectivity index (χ0v) is 16.8. The van der Waals surface area contributed by atoms with Gasteiger partial charge in [0, 0.05) is 23.7 Å². The van der Waals surface area contributed by atoms with E-state index in [0.29, 0.717) is 11.6 Å². The molecule has 4 heteroatoms. The van der Waals surface area contributed by atoms with E-state index < -0.39 is 0 Å². The molecule has 1 saturated heterocycles. The summed E-state index contributed by atoms with van der Waals surface area (Å²) in [6.07, 6.45) is 2.18. The second-order valence-electron chi connectivity index (χ2n) is 7.50. The van der Waals surface area contributed by atoms with E-state index in [1.165, 1.54) is 10.5 Å². The summed E-state index contributed by atoms with van der Waals surface area (Å²) in [6, 6.07) is 14.5. The lowest BCUT2D eigenvalue weighted by Gasteiger charge is -2.30. The molecular formula is C22H28N2OS. The summed E-state index contributed by atoms with van der Waals surface area (Å²) in [6.45, 7) is 8.37. The second kappa shape index (κ2) is 8.72. The first kappa shape index (κ1) is 19.0. The quantitative estimate of drug-likeness (QED) is 0.665. The summed E-state index contributed by atoms with van der Waals surface area (Å²) in [5.41, 5.74) is 2.89. The standard InChI is InChI=1S/C22H28N2OS/c1-16(2)18-7-9-20(10-8-18)26-15-19-5-4-6-21(23-19)22(25)24-13-11-17(3)12-14-24/h4-10,16-17H,11-15H2,1-3H3. The maximum atomic E-state index is 12.7. The summed E-state index contributed by atoms with van der Waals surface area (Å²) in [5.74, 6) is 2.12. The van der Waals surface area contributed by atoms with Gasteiger partial charge in [0.25, 0.3) is 5.91 Å². The number of piperidine rings is 1. The van der Waals surface area contributed by atoms with Crippen molar-refractivity contribution in [3.8, 4) is 0 Å². The Labute approximate surface area is 161 Å². The highest BCUT2D eigenvalue weighted by atomic mass is 32.2. The normalized spacial score (nSPS) is 15.5. The molecule has 3 nitrogen and oxygen atoms in total. The van der Waals surface area contributed by atoms with Crippen molar-refractivity contribution in [1.29, 1.82) is 0 Å². The van der Waals surface area contributed by atoms with E-state index >= 15 is 0 Å². The molecule has 3 rings (SSSR count).